The summed E-state index contributed by atoms with van der Waals surface area (Å²) in [5.74, 6) is 0.718. The monoisotopic (exact) mass is 298 g/mol. The first kappa shape index (κ1) is 16.8. The lowest BCUT2D eigenvalue weighted by atomic mass is 10.1. The van der Waals surface area contributed by atoms with Gasteiger partial charge in [-0.1, -0.05) is 32.9 Å². The molecule has 5 nitrogen and oxygen atoms in total. The van der Waals surface area contributed by atoms with Gasteiger partial charge in [0.2, 0.25) is 0 Å². The van der Waals surface area contributed by atoms with E-state index in [1.54, 1.807) is 18.2 Å². The van der Waals surface area contributed by atoms with Gasteiger partial charge in [0.1, 0.15) is 4.90 Å². The van der Waals surface area contributed by atoms with E-state index in [1.807, 2.05) is 0 Å². The van der Waals surface area contributed by atoms with Crippen LogP contribution in [0, 0.1) is 16.0 Å². The Balaban J connectivity index is 2.86. The van der Waals surface area contributed by atoms with Gasteiger partial charge < -0.3 is 5.32 Å². The van der Waals surface area contributed by atoms with Crippen LogP contribution in [0.2, 0.25) is 0 Å². The van der Waals surface area contributed by atoms with Gasteiger partial charge in [-0.3, -0.25) is 14.3 Å². The van der Waals surface area contributed by atoms with Gasteiger partial charge in [-0.15, -0.1) is 0 Å². The molecule has 6 heteroatoms. The number of nitro groups is 1. The fourth-order valence-corrected chi connectivity index (χ4v) is 3.48. The zero-order valence-electron chi connectivity index (χ0n) is 12.2. The van der Waals surface area contributed by atoms with Crippen molar-refractivity contribution in [2.24, 2.45) is 5.92 Å². The summed E-state index contributed by atoms with van der Waals surface area (Å²) >= 11 is 0. The van der Waals surface area contributed by atoms with Gasteiger partial charge in [0.25, 0.3) is 5.69 Å². The number of nitrogens with one attached hydrogen (secondary N) is 1. The van der Waals surface area contributed by atoms with Crippen LogP contribution in [-0.4, -0.2) is 27.5 Å². The lowest BCUT2D eigenvalue weighted by molar-refractivity contribution is -0.387. The minimum Gasteiger partial charge on any atom is -0.313 e. The van der Waals surface area contributed by atoms with Crippen LogP contribution in [0.15, 0.2) is 29.2 Å². The Morgan fingerprint density at radius 2 is 2.00 bits per heavy atom. The molecule has 1 aromatic rings. The van der Waals surface area contributed by atoms with Crippen molar-refractivity contribution in [3.63, 3.8) is 0 Å². The number of hydrogen-bond acceptors (Lipinski definition) is 4. The maximum Gasteiger partial charge on any atom is 0.285 e. The van der Waals surface area contributed by atoms with Crippen molar-refractivity contribution in [1.29, 1.82) is 0 Å². The number of hydrogen-bond donors (Lipinski definition) is 1. The standard InChI is InChI=1S/C14H22N2O3S/c1-4-9-15-12(11(2)3)10-20(19)14-8-6-5-7-13(14)16(17)18/h5-8,11-12,15H,4,9-10H2,1-3H3. The summed E-state index contributed by atoms with van der Waals surface area (Å²) in [5.41, 5.74) is -0.0659. The molecule has 0 aromatic heterocycles. The average molecular weight is 298 g/mol. The predicted octanol–water partition coefficient (Wildman–Crippen LogP) is 2.73. The van der Waals surface area contributed by atoms with Crippen molar-refractivity contribution in [1.82, 2.24) is 5.32 Å². The molecular formula is C14H22N2O3S. The zero-order chi connectivity index (χ0) is 15.1. The van der Waals surface area contributed by atoms with Gasteiger partial charge in [0, 0.05) is 17.9 Å². The first-order chi connectivity index (χ1) is 9.47. The van der Waals surface area contributed by atoms with E-state index in [4.69, 9.17) is 0 Å². The second-order valence-electron chi connectivity index (χ2n) is 5.04. The minimum atomic E-state index is -1.37. The highest BCUT2D eigenvalue weighted by atomic mass is 32.2. The highest BCUT2D eigenvalue weighted by Gasteiger charge is 2.22. The fraction of sp³-hybridized carbons (Fsp3) is 0.571. The van der Waals surface area contributed by atoms with E-state index in [0.29, 0.717) is 16.6 Å². The van der Waals surface area contributed by atoms with Gasteiger partial charge in [-0.05, 0) is 24.9 Å². The zero-order valence-corrected chi connectivity index (χ0v) is 13.0. The molecule has 0 amide bonds. The SMILES string of the molecule is CCCNC(CS(=O)c1ccccc1[N+](=O)[O-])C(C)C. The molecule has 2 atom stereocenters. The first-order valence-corrected chi connectivity index (χ1v) is 8.14. The quantitative estimate of drug-likeness (QED) is 0.591. The van der Waals surface area contributed by atoms with E-state index in [-0.39, 0.29) is 11.7 Å². The normalized spacial score (nSPS) is 14.2. The van der Waals surface area contributed by atoms with E-state index in [2.05, 4.69) is 26.1 Å². The predicted molar refractivity (Wildman–Crippen MR) is 81.3 cm³/mol. The van der Waals surface area contributed by atoms with Crippen molar-refractivity contribution in [2.75, 3.05) is 12.3 Å². The Kier molecular flexibility index (Phi) is 6.81. The number of para-hydroxylation sites is 1. The summed E-state index contributed by atoms with van der Waals surface area (Å²) in [4.78, 5) is 10.8. The molecule has 0 aliphatic heterocycles. The second-order valence-corrected chi connectivity index (χ2v) is 6.51. The second kappa shape index (κ2) is 8.11. The fourth-order valence-electron chi connectivity index (χ4n) is 1.87. The Bertz CT molecular complexity index is 477. The summed E-state index contributed by atoms with van der Waals surface area (Å²) in [5, 5.41) is 14.3. The van der Waals surface area contributed by atoms with Crippen molar-refractivity contribution < 1.29 is 9.13 Å². The Labute approximate surface area is 122 Å². The van der Waals surface area contributed by atoms with Crippen LogP contribution >= 0.6 is 0 Å². The Morgan fingerprint density at radius 1 is 1.35 bits per heavy atom. The topological polar surface area (TPSA) is 72.2 Å². The molecule has 20 heavy (non-hydrogen) atoms. The Hall–Kier alpha value is -1.27. The van der Waals surface area contributed by atoms with Gasteiger partial charge in [-0.2, -0.15) is 0 Å². The van der Waals surface area contributed by atoms with Crippen molar-refractivity contribution in [3.8, 4) is 0 Å². The molecule has 0 spiro atoms. The first-order valence-electron chi connectivity index (χ1n) is 6.82. The van der Waals surface area contributed by atoms with Crippen LogP contribution in [0.1, 0.15) is 27.2 Å². The molecule has 0 bridgehead atoms. The molecular weight excluding hydrogens is 276 g/mol. The lowest BCUT2D eigenvalue weighted by Gasteiger charge is -2.21. The molecule has 0 saturated heterocycles. The molecule has 0 aliphatic rings. The molecule has 0 fully saturated rings. The summed E-state index contributed by atoms with van der Waals surface area (Å²) in [6.07, 6.45) is 1.00. The van der Waals surface area contributed by atoms with Gasteiger partial charge in [0.15, 0.2) is 0 Å². The molecule has 112 valence electrons. The third kappa shape index (κ3) is 4.68. The Morgan fingerprint density at radius 3 is 2.55 bits per heavy atom. The largest absolute Gasteiger partial charge is 0.313 e. The molecule has 2 unspecified atom stereocenters. The summed E-state index contributed by atoms with van der Waals surface area (Å²) in [6, 6.07) is 6.34. The van der Waals surface area contributed by atoms with Crippen LogP contribution in [-0.2, 0) is 10.8 Å². The third-order valence-electron chi connectivity index (χ3n) is 3.10. The van der Waals surface area contributed by atoms with E-state index >= 15 is 0 Å². The molecule has 1 N–H and O–H groups in total. The number of rotatable bonds is 8. The van der Waals surface area contributed by atoms with Crippen LogP contribution in [0.4, 0.5) is 5.69 Å². The van der Waals surface area contributed by atoms with E-state index in [1.165, 1.54) is 6.07 Å². The van der Waals surface area contributed by atoms with Gasteiger partial charge >= 0.3 is 0 Å². The van der Waals surface area contributed by atoms with Crippen LogP contribution < -0.4 is 5.32 Å². The number of benzene rings is 1. The minimum absolute atomic E-state index is 0.0659. The van der Waals surface area contributed by atoms with Crippen molar-refractivity contribution in [3.05, 3.63) is 34.4 Å². The molecule has 0 aliphatic carbocycles. The average Bonchev–Trinajstić information content (AvgIpc) is 2.42. The van der Waals surface area contributed by atoms with Crippen molar-refractivity contribution in [2.45, 2.75) is 38.1 Å². The maximum absolute atomic E-state index is 12.4. The number of nitrogens with zero attached hydrogens (tertiary/aromatic N) is 1. The number of nitro benzene ring substituents is 1. The third-order valence-corrected chi connectivity index (χ3v) is 4.60. The highest BCUT2D eigenvalue weighted by Crippen LogP contribution is 2.22. The molecule has 0 saturated carbocycles. The maximum atomic E-state index is 12.4. The van der Waals surface area contributed by atoms with Crippen LogP contribution in [0.5, 0.6) is 0 Å². The van der Waals surface area contributed by atoms with E-state index in [9.17, 15) is 14.3 Å². The summed E-state index contributed by atoms with van der Waals surface area (Å²) in [7, 11) is -1.37. The highest BCUT2D eigenvalue weighted by molar-refractivity contribution is 7.85. The van der Waals surface area contributed by atoms with Crippen LogP contribution in [0.25, 0.3) is 0 Å². The van der Waals surface area contributed by atoms with Gasteiger partial charge in [0.05, 0.1) is 15.7 Å². The molecule has 1 rings (SSSR count). The smallest absolute Gasteiger partial charge is 0.285 e. The lowest BCUT2D eigenvalue weighted by Crippen LogP contribution is -2.38. The van der Waals surface area contributed by atoms with Gasteiger partial charge in [-0.25, -0.2) is 0 Å². The molecule has 0 radical (unpaired) electrons. The van der Waals surface area contributed by atoms with Crippen LogP contribution in [0.3, 0.4) is 0 Å². The molecule has 0 heterocycles. The van der Waals surface area contributed by atoms with E-state index < -0.39 is 15.7 Å². The van der Waals surface area contributed by atoms with Crippen molar-refractivity contribution >= 4 is 16.5 Å². The van der Waals surface area contributed by atoms with E-state index in [0.717, 1.165) is 13.0 Å². The summed E-state index contributed by atoms with van der Waals surface area (Å²) < 4.78 is 12.4. The molecule has 1 aromatic carbocycles. The summed E-state index contributed by atoms with van der Waals surface area (Å²) in [6.45, 7) is 7.05.